The molecule has 0 unspecified atom stereocenters. The molecule has 1 N–H and O–H groups in total. The van der Waals surface area contributed by atoms with Crippen molar-refractivity contribution in [2.75, 3.05) is 18.1 Å². The van der Waals surface area contributed by atoms with Crippen molar-refractivity contribution in [2.45, 2.75) is 32.9 Å². The Balaban J connectivity index is 1.49. The van der Waals surface area contributed by atoms with E-state index in [1.54, 1.807) is 35.7 Å². The maximum Gasteiger partial charge on any atom is 0.270 e. The van der Waals surface area contributed by atoms with Crippen LogP contribution in [0.15, 0.2) is 53.9 Å². The summed E-state index contributed by atoms with van der Waals surface area (Å²) in [7, 11) is 0. The van der Waals surface area contributed by atoms with Gasteiger partial charge in [-0.15, -0.1) is 11.3 Å². The molecule has 9 heteroatoms. The topological polar surface area (TPSA) is 97.8 Å². The highest BCUT2D eigenvalue weighted by Gasteiger charge is 2.28. The van der Waals surface area contributed by atoms with Crippen LogP contribution in [0, 0.1) is 0 Å². The number of nitrogens with one attached hydrogen (secondary N) is 1. The first-order valence-corrected chi connectivity index (χ1v) is 11.9. The second kappa shape index (κ2) is 10.5. The van der Waals surface area contributed by atoms with Gasteiger partial charge in [0.25, 0.3) is 11.8 Å². The predicted molar refractivity (Wildman–Crippen MR) is 129 cm³/mol. The minimum atomic E-state index is -0.251. The molecule has 3 aromatic rings. The number of para-hydroxylation sites is 1. The largest absolute Gasteiger partial charge is 0.485 e. The van der Waals surface area contributed by atoms with Crippen LogP contribution in [0.4, 0.5) is 5.69 Å². The maximum absolute atomic E-state index is 12.7. The van der Waals surface area contributed by atoms with E-state index in [-0.39, 0.29) is 43.4 Å². The van der Waals surface area contributed by atoms with Crippen LogP contribution in [0.1, 0.15) is 46.1 Å². The van der Waals surface area contributed by atoms with E-state index < -0.39 is 0 Å². The van der Waals surface area contributed by atoms with Crippen molar-refractivity contribution in [1.82, 2.24) is 10.3 Å². The molecule has 1 aliphatic heterocycles. The molecule has 0 saturated heterocycles. The number of nitrogens with zero attached hydrogens (tertiary/aromatic N) is 2. The van der Waals surface area contributed by atoms with E-state index in [1.807, 2.05) is 32.0 Å². The number of ketones is 1. The number of hydrogen-bond acceptors (Lipinski definition) is 7. The van der Waals surface area contributed by atoms with Crippen LogP contribution in [0.5, 0.6) is 11.5 Å². The number of rotatable bonds is 9. The molecule has 0 saturated carbocycles. The van der Waals surface area contributed by atoms with Crippen LogP contribution >= 0.6 is 11.3 Å². The normalized spacial score (nSPS) is 13.6. The molecule has 4 rings (SSSR count). The van der Waals surface area contributed by atoms with Crippen molar-refractivity contribution >= 4 is 34.6 Å². The molecule has 1 atom stereocenters. The second-order valence-corrected chi connectivity index (χ2v) is 8.83. The zero-order valence-corrected chi connectivity index (χ0v) is 19.8. The zero-order chi connectivity index (χ0) is 24.1. The summed E-state index contributed by atoms with van der Waals surface area (Å²) in [4.78, 5) is 43.7. The quantitative estimate of drug-likeness (QED) is 0.468. The Morgan fingerprint density at radius 2 is 2.03 bits per heavy atom. The van der Waals surface area contributed by atoms with Crippen molar-refractivity contribution in [2.24, 2.45) is 0 Å². The smallest absolute Gasteiger partial charge is 0.270 e. The molecule has 34 heavy (non-hydrogen) atoms. The lowest BCUT2D eigenvalue weighted by Gasteiger charge is -2.29. The molecular formula is C25H25N3O5S. The molecule has 176 valence electrons. The summed E-state index contributed by atoms with van der Waals surface area (Å²) in [6, 6.07) is 14.1. The number of carbonyl (C=O) groups excluding carboxylic acids is 3. The third kappa shape index (κ3) is 5.43. The van der Waals surface area contributed by atoms with Gasteiger partial charge in [0.2, 0.25) is 0 Å². The highest BCUT2D eigenvalue weighted by atomic mass is 32.1. The Kier molecular flexibility index (Phi) is 7.22. The van der Waals surface area contributed by atoms with Gasteiger partial charge in [-0.3, -0.25) is 19.3 Å². The number of Topliss-reactive ketones (excluding diaryl/α,β-unsaturated/α-hetero) is 1. The number of carbonyl (C=O) groups is 3. The first-order chi connectivity index (χ1) is 16.4. The second-order valence-electron chi connectivity index (χ2n) is 7.89. The number of ether oxygens (including phenoxy) is 2. The Morgan fingerprint density at radius 3 is 2.79 bits per heavy atom. The molecule has 2 amide bonds. The summed E-state index contributed by atoms with van der Waals surface area (Å²) in [6.07, 6.45) is 0.819. The molecule has 0 bridgehead atoms. The third-order valence-electron chi connectivity index (χ3n) is 5.40. The van der Waals surface area contributed by atoms with Gasteiger partial charge in [0, 0.05) is 17.0 Å². The van der Waals surface area contributed by atoms with Gasteiger partial charge in [-0.05, 0) is 43.7 Å². The van der Waals surface area contributed by atoms with Crippen LogP contribution in [-0.2, 0) is 11.3 Å². The Bertz CT molecular complexity index is 1190. The highest BCUT2D eigenvalue weighted by Crippen LogP contribution is 2.34. The summed E-state index contributed by atoms with van der Waals surface area (Å²) < 4.78 is 11.1. The van der Waals surface area contributed by atoms with Crippen LogP contribution in [0.3, 0.4) is 0 Å². The number of hydrogen-bond donors (Lipinski definition) is 1. The Morgan fingerprint density at radius 1 is 1.24 bits per heavy atom. The van der Waals surface area contributed by atoms with Crippen molar-refractivity contribution in [3.8, 4) is 11.5 Å². The summed E-state index contributed by atoms with van der Waals surface area (Å²) in [6.45, 7) is 3.86. The number of anilines is 1. The minimum absolute atomic E-state index is 0.0483. The molecule has 0 radical (unpaired) electrons. The first kappa shape index (κ1) is 23.4. The molecule has 0 spiro atoms. The standard InChI is InChI=1S/C25H25N3O5S/c1-3-16(2)26-25(31)19-15-34-23(27-19)12-28-20-11-17(9-10-22(20)33-14-24(28)30)21(29)13-32-18-7-5-4-6-8-18/h4-11,15-16H,3,12-14H2,1-2H3,(H,26,31)/t16-/m1/s1. The molecule has 1 aromatic heterocycles. The van der Waals surface area contributed by atoms with E-state index in [0.717, 1.165) is 6.42 Å². The fourth-order valence-corrected chi connectivity index (χ4v) is 4.08. The molecular weight excluding hydrogens is 454 g/mol. The van der Waals surface area contributed by atoms with Gasteiger partial charge in [-0.2, -0.15) is 0 Å². The summed E-state index contributed by atoms with van der Waals surface area (Å²) in [5.74, 6) is 0.399. The molecule has 0 fully saturated rings. The van der Waals surface area contributed by atoms with Gasteiger partial charge < -0.3 is 14.8 Å². The highest BCUT2D eigenvalue weighted by molar-refractivity contribution is 7.09. The Labute approximate surface area is 201 Å². The van der Waals surface area contributed by atoms with Gasteiger partial charge in [0.15, 0.2) is 19.0 Å². The SMILES string of the molecule is CC[C@@H](C)NC(=O)c1csc(CN2C(=O)COc3ccc(C(=O)COc4ccccc4)cc32)n1. The van der Waals surface area contributed by atoms with Gasteiger partial charge in [-0.1, -0.05) is 25.1 Å². The van der Waals surface area contributed by atoms with Crippen LogP contribution in [0.2, 0.25) is 0 Å². The number of benzene rings is 2. The van der Waals surface area contributed by atoms with Gasteiger partial charge in [0.1, 0.15) is 22.2 Å². The fraction of sp³-hybridized carbons (Fsp3) is 0.280. The average Bonchev–Trinajstić information content (AvgIpc) is 3.33. The van der Waals surface area contributed by atoms with Crippen LogP contribution in [-0.4, -0.2) is 41.8 Å². The molecule has 0 aliphatic carbocycles. The first-order valence-electron chi connectivity index (χ1n) is 11.0. The van der Waals surface area contributed by atoms with Crippen molar-refractivity contribution in [1.29, 1.82) is 0 Å². The molecule has 8 nitrogen and oxygen atoms in total. The van der Waals surface area contributed by atoms with E-state index in [9.17, 15) is 14.4 Å². The number of amides is 2. The lowest BCUT2D eigenvalue weighted by Crippen LogP contribution is -2.38. The minimum Gasteiger partial charge on any atom is -0.485 e. The van der Waals surface area contributed by atoms with Crippen molar-refractivity contribution < 1.29 is 23.9 Å². The van der Waals surface area contributed by atoms with E-state index in [1.165, 1.54) is 16.2 Å². The summed E-state index contributed by atoms with van der Waals surface area (Å²) in [5, 5.41) is 5.18. The third-order valence-corrected chi connectivity index (χ3v) is 6.24. The van der Waals surface area contributed by atoms with E-state index in [2.05, 4.69) is 10.3 Å². The molecule has 2 heterocycles. The van der Waals surface area contributed by atoms with Gasteiger partial charge in [-0.25, -0.2) is 4.98 Å². The van der Waals surface area contributed by atoms with Crippen LogP contribution in [0.25, 0.3) is 0 Å². The summed E-state index contributed by atoms with van der Waals surface area (Å²) in [5.41, 5.74) is 1.22. The molecule has 2 aromatic carbocycles. The average molecular weight is 480 g/mol. The summed E-state index contributed by atoms with van der Waals surface area (Å²) >= 11 is 1.31. The van der Waals surface area contributed by atoms with E-state index in [4.69, 9.17) is 9.47 Å². The van der Waals surface area contributed by atoms with Crippen molar-refractivity contribution in [3.05, 3.63) is 70.2 Å². The zero-order valence-electron chi connectivity index (χ0n) is 18.9. The predicted octanol–water partition coefficient (Wildman–Crippen LogP) is 3.86. The fourth-order valence-electron chi connectivity index (χ4n) is 3.32. The van der Waals surface area contributed by atoms with Crippen molar-refractivity contribution in [3.63, 3.8) is 0 Å². The lowest BCUT2D eigenvalue weighted by molar-refractivity contribution is -0.121. The van der Waals surface area contributed by atoms with E-state index in [0.29, 0.717) is 33.5 Å². The number of thiazole rings is 1. The van der Waals surface area contributed by atoms with E-state index >= 15 is 0 Å². The van der Waals surface area contributed by atoms with Crippen LogP contribution < -0.4 is 19.7 Å². The van der Waals surface area contributed by atoms with Gasteiger partial charge in [0.05, 0.1) is 12.2 Å². The molecule has 1 aliphatic rings. The number of aromatic nitrogens is 1. The lowest BCUT2D eigenvalue weighted by atomic mass is 10.1. The van der Waals surface area contributed by atoms with Gasteiger partial charge >= 0.3 is 0 Å². The number of fused-ring (bicyclic) bond motifs is 1. The Hall–Kier alpha value is -3.72. The maximum atomic E-state index is 12.7. The monoisotopic (exact) mass is 479 g/mol.